The summed E-state index contributed by atoms with van der Waals surface area (Å²) in [4.78, 5) is 12.6. The Morgan fingerprint density at radius 3 is 2.38 bits per heavy atom. The molecule has 2 aromatic carbocycles. The number of aromatic nitrogens is 2. The van der Waals surface area contributed by atoms with E-state index in [9.17, 15) is 26.4 Å². The summed E-state index contributed by atoms with van der Waals surface area (Å²) < 4.78 is 65.4. The van der Waals surface area contributed by atoms with Gasteiger partial charge in [0.05, 0.1) is 10.5 Å². The molecule has 0 saturated heterocycles. The Bertz CT molecular complexity index is 1240. The Hall–Kier alpha value is -2.48. The number of rotatable bonds is 9. The minimum atomic E-state index is -4.41. The van der Waals surface area contributed by atoms with E-state index in [4.69, 9.17) is 0 Å². The van der Waals surface area contributed by atoms with Crippen molar-refractivity contribution in [1.29, 1.82) is 0 Å². The summed E-state index contributed by atoms with van der Waals surface area (Å²) >= 11 is 2.29. The van der Waals surface area contributed by atoms with Crippen LogP contribution >= 0.6 is 23.1 Å². The molecule has 13 heteroatoms. The van der Waals surface area contributed by atoms with Crippen molar-refractivity contribution in [3.8, 4) is 0 Å². The molecule has 0 aliphatic heterocycles. The van der Waals surface area contributed by atoms with E-state index in [-0.39, 0.29) is 21.3 Å². The molecule has 1 heterocycles. The van der Waals surface area contributed by atoms with Gasteiger partial charge in [0.15, 0.2) is 4.34 Å². The Morgan fingerprint density at radius 2 is 1.76 bits per heavy atom. The highest BCUT2D eigenvalue weighted by Gasteiger charge is 2.30. The molecule has 1 amide bonds. The Kier molecular flexibility index (Phi) is 8.34. The molecule has 0 fully saturated rings. The third kappa shape index (κ3) is 6.34. The number of halogens is 3. The summed E-state index contributed by atoms with van der Waals surface area (Å²) in [6.07, 6.45) is -4.41. The number of hydrogen-bond acceptors (Lipinski definition) is 7. The highest BCUT2D eigenvalue weighted by Crippen LogP contribution is 2.32. The molecule has 0 unspecified atom stereocenters. The lowest BCUT2D eigenvalue weighted by atomic mass is 10.1. The molecule has 1 N–H and O–H groups in total. The maximum Gasteiger partial charge on any atom is 0.416 e. The molecule has 0 aliphatic rings. The minimum absolute atomic E-state index is 0.0944. The van der Waals surface area contributed by atoms with E-state index in [0.717, 1.165) is 23.5 Å². The molecule has 0 saturated carbocycles. The molecule has 0 spiro atoms. The second-order valence-electron chi connectivity index (χ2n) is 6.93. The van der Waals surface area contributed by atoms with E-state index in [1.165, 1.54) is 46.4 Å². The maximum atomic E-state index is 12.8. The van der Waals surface area contributed by atoms with Gasteiger partial charge in [-0.3, -0.25) is 10.1 Å². The van der Waals surface area contributed by atoms with Crippen LogP contribution in [0.15, 0.2) is 57.8 Å². The molecule has 0 aliphatic carbocycles. The molecule has 3 rings (SSSR count). The normalized spacial score (nSPS) is 12.2. The van der Waals surface area contributed by atoms with Gasteiger partial charge in [-0.25, -0.2) is 8.42 Å². The van der Waals surface area contributed by atoms with Gasteiger partial charge >= 0.3 is 6.18 Å². The lowest BCUT2D eigenvalue weighted by molar-refractivity contribution is -0.137. The first-order chi connectivity index (χ1) is 16.0. The van der Waals surface area contributed by atoms with Crippen LogP contribution in [0.5, 0.6) is 0 Å². The summed E-state index contributed by atoms with van der Waals surface area (Å²) in [6, 6.07) is 10.6. The van der Waals surface area contributed by atoms with Gasteiger partial charge in [0.25, 0.3) is 5.91 Å². The molecule has 7 nitrogen and oxygen atoms in total. The van der Waals surface area contributed by atoms with Gasteiger partial charge < -0.3 is 0 Å². The summed E-state index contributed by atoms with van der Waals surface area (Å²) in [5.41, 5.74) is 0.0129. The van der Waals surface area contributed by atoms with Crippen molar-refractivity contribution >= 4 is 44.2 Å². The van der Waals surface area contributed by atoms with E-state index in [2.05, 4.69) is 15.5 Å². The number of carbonyl (C=O) groups excluding carboxylic acids is 1. The SMILES string of the molecule is CCN(CC)S(=O)(=O)c1ccc(C(=O)Nc2nnc(SCc3cccc(C(F)(F)F)c3)s2)cc1. The summed E-state index contributed by atoms with van der Waals surface area (Å²) in [7, 11) is -3.62. The third-order valence-corrected chi connectivity index (χ3v) is 8.81. The summed E-state index contributed by atoms with van der Waals surface area (Å²) in [6.45, 7) is 4.17. The van der Waals surface area contributed by atoms with E-state index in [1.807, 2.05) is 0 Å². The van der Waals surface area contributed by atoms with Crippen molar-refractivity contribution in [3.63, 3.8) is 0 Å². The molecular weight excluding hydrogens is 509 g/mol. The number of hydrogen-bond donors (Lipinski definition) is 1. The van der Waals surface area contributed by atoms with E-state index >= 15 is 0 Å². The highest BCUT2D eigenvalue weighted by molar-refractivity contribution is 8.00. The van der Waals surface area contributed by atoms with Crippen molar-refractivity contribution in [2.45, 2.75) is 35.0 Å². The summed E-state index contributed by atoms with van der Waals surface area (Å²) in [5, 5.41) is 10.6. The molecule has 1 aromatic heterocycles. The van der Waals surface area contributed by atoms with Gasteiger partial charge in [-0.1, -0.05) is 55.1 Å². The van der Waals surface area contributed by atoms with E-state index in [0.29, 0.717) is 23.0 Å². The number of carbonyl (C=O) groups is 1. The second-order valence-corrected chi connectivity index (χ2v) is 11.1. The van der Waals surface area contributed by atoms with Crippen molar-refractivity contribution in [3.05, 3.63) is 65.2 Å². The fourth-order valence-electron chi connectivity index (χ4n) is 2.96. The number of amides is 1. The van der Waals surface area contributed by atoms with Crippen LogP contribution in [-0.4, -0.2) is 41.9 Å². The molecule has 0 radical (unpaired) electrons. The number of anilines is 1. The Morgan fingerprint density at radius 1 is 1.09 bits per heavy atom. The number of thioether (sulfide) groups is 1. The second kappa shape index (κ2) is 10.8. The van der Waals surface area contributed by atoms with Gasteiger partial charge in [-0.2, -0.15) is 17.5 Å². The first kappa shape index (κ1) is 26.1. The Labute approximate surface area is 203 Å². The summed E-state index contributed by atoms with van der Waals surface area (Å²) in [5.74, 6) is -0.230. The zero-order valence-corrected chi connectivity index (χ0v) is 20.6. The molecule has 34 heavy (non-hydrogen) atoms. The zero-order valence-electron chi connectivity index (χ0n) is 18.2. The number of nitrogens with zero attached hydrogens (tertiary/aromatic N) is 3. The lowest BCUT2D eigenvalue weighted by Crippen LogP contribution is -2.30. The average molecular weight is 531 g/mol. The van der Waals surface area contributed by atoms with Crippen LogP contribution in [0.3, 0.4) is 0 Å². The van der Waals surface area contributed by atoms with Crippen LogP contribution in [0, 0.1) is 0 Å². The zero-order chi connectivity index (χ0) is 24.9. The van der Waals surface area contributed by atoms with Crippen LogP contribution in [0.25, 0.3) is 0 Å². The maximum absolute atomic E-state index is 12.8. The minimum Gasteiger partial charge on any atom is -0.296 e. The standard InChI is InChI=1S/C21H21F3N4O3S3/c1-3-28(4-2)34(30,31)17-10-8-15(9-11-17)18(29)25-19-26-27-20(33-19)32-13-14-6-5-7-16(12-14)21(22,23)24/h5-12H,3-4,13H2,1-2H3,(H,25,26,29). The van der Waals surface area contributed by atoms with Crippen LogP contribution in [0.4, 0.5) is 18.3 Å². The third-order valence-electron chi connectivity index (χ3n) is 4.70. The fraction of sp³-hybridized carbons (Fsp3) is 0.286. The Balaban J connectivity index is 1.61. The monoisotopic (exact) mass is 530 g/mol. The van der Waals surface area contributed by atoms with Crippen LogP contribution in [0.2, 0.25) is 0 Å². The van der Waals surface area contributed by atoms with Gasteiger partial charge in [0, 0.05) is 24.4 Å². The van der Waals surface area contributed by atoms with Gasteiger partial charge in [0.2, 0.25) is 15.2 Å². The molecular formula is C21H21F3N4O3S3. The van der Waals surface area contributed by atoms with Gasteiger partial charge in [-0.05, 0) is 35.9 Å². The first-order valence-electron chi connectivity index (χ1n) is 10.1. The molecule has 3 aromatic rings. The van der Waals surface area contributed by atoms with Crippen molar-refractivity contribution in [2.24, 2.45) is 0 Å². The van der Waals surface area contributed by atoms with Crippen molar-refractivity contribution in [1.82, 2.24) is 14.5 Å². The first-order valence-corrected chi connectivity index (χ1v) is 13.3. The lowest BCUT2D eigenvalue weighted by Gasteiger charge is -2.18. The average Bonchev–Trinajstić information content (AvgIpc) is 3.25. The van der Waals surface area contributed by atoms with Crippen molar-refractivity contribution in [2.75, 3.05) is 18.4 Å². The number of sulfonamides is 1. The molecule has 182 valence electrons. The van der Waals surface area contributed by atoms with Crippen molar-refractivity contribution < 1.29 is 26.4 Å². The number of nitrogens with one attached hydrogen (secondary N) is 1. The predicted molar refractivity (Wildman–Crippen MR) is 125 cm³/mol. The quantitative estimate of drug-likeness (QED) is 0.305. The van der Waals surface area contributed by atoms with Crippen LogP contribution < -0.4 is 5.32 Å². The fourth-order valence-corrected chi connectivity index (χ4v) is 6.11. The molecule has 0 atom stereocenters. The van der Waals surface area contributed by atoms with Crippen LogP contribution in [0.1, 0.15) is 35.3 Å². The van der Waals surface area contributed by atoms with E-state index < -0.39 is 27.7 Å². The largest absolute Gasteiger partial charge is 0.416 e. The number of benzene rings is 2. The molecule has 0 bridgehead atoms. The smallest absolute Gasteiger partial charge is 0.296 e. The number of alkyl halides is 3. The predicted octanol–water partition coefficient (Wildman–Crippen LogP) is 5.13. The topological polar surface area (TPSA) is 92.3 Å². The highest BCUT2D eigenvalue weighted by atomic mass is 32.2. The van der Waals surface area contributed by atoms with E-state index in [1.54, 1.807) is 19.9 Å². The van der Waals surface area contributed by atoms with Crippen LogP contribution in [-0.2, 0) is 22.0 Å². The van der Waals surface area contributed by atoms with Gasteiger partial charge in [-0.15, -0.1) is 10.2 Å². The van der Waals surface area contributed by atoms with Gasteiger partial charge in [0.1, 0.15) is 0 Å².